The molecule has 2 aliphatic rings. The SMILES string of the molecule is CCN1CCCC(CN=C(N)N2CCOCC2)C1.I. The quantitative estimate of drug-likeness (QED) is 0.449. The summed E-state index contributed by atoms with van der Waals surface area (Å²) in [6.07, 6.45) is 2.59. The number of hydrogen-bond donors (Lipinski definition) is 1. The van der Waals surface area contributed by atoms with Crippen LogP contribution < -0.4 is 5.73 Å². The average Bonchev–Trinajstić information content (AvgIpc) is 2.46. The topological polar surface area (TPSA) is 54.1 Å². The molecule has 0 aromatic carbocycles. The summed E-state index contributed by atoms with van der Waals surface area (Å²) in [5.41, 5.74) is 6.04. The Balaban J connectivity index is 0.00000180. The lowest BCUT2D eigenvalue weighted by atomic mass is 9.98. The van der Waals surface area contributed by atoms with Crippen molar-refractivity contribution in [1.29, 1.82) is 0 Å². The first-order chi connectivity index (χ1) is 8.79. The van der Waals surface area contributed by atoms with Crippen molar-refractivity contribution in [3.63, 3.8) is 0 Å². The maximum atomic E-state index is 6.04. The van der Waals surface area contributed by atoms with Gasteiger partial charge in [-0.2, -0.15) is 0 Å². The van der Waals surface area contributed by atoms with Gasteiger partial charge in [-0.3, -0.25) is 4.99 Å². The van der Waals surface area contributed by atoms with E-state index >= 15 is 0 Å². The smallest absolute Gasteiger partial charge is 0.191 e. The molecular weight excluding hydrogens is 355 g/mol. The number of aliphatic imine (C=N–C) groups is 1. The van der Waals surface area contributed by atoms with Gasteiger partial charge in [0.05, 0.1) is 13.2 Å². The number of nitrogens with zero attached hydrogens (tertiary/aromatic N) is 3. The van der Waals surface area contributed by atoms with Crippen LogP contribution in [0.15, 0.2) is 4.99 Å². The maximum absolute atomic E-state index is 6.04. The largest absolute Gasteiger partial charge is 0.378 e. The third-order valence-corrected chi connectivity index (χ3v) is 3.90. The van der Waals surface area contributed by atoms with Crippen LogP contribution in [0.1, 0.15) is 19.8 Å². The van der Waals surface area contributed by atoms with E-state index in [0.717, 1.165) is 39.4 Å². The Morgan fingerprint density at radius 1 is 1.32 bits per heavy atom. The molecule has 0 saturated carbocycles. The summed E-state index contributed by atoms with van der Waals surface area (Å²) in [6, 6.07) is 0. The summed E-state index contributed by atoms with van der Waals surface area (Å²) in [4.78, 5) is 9.22. The minimum absolute atomic E-state index is 0. The number of nitrogens with two attached hydrogens (primary N) is 1. The van der Waals surface area contributed by atoms with Crippen LogP contribution in [0.5, 0.6) is 0 Å². The van der Waals surface area contributed by atoms with Crippen molar-refractivity contribution in [1.82, 2.24) is 9.80 Å². The van der Waals surface area contributed by atoms with Crippen LogP contribution in [-0.4, -0.2) is 68.2 Å². The van der Waals surface area contributed by atoms with Crippen LogP contribution in [0.25, 0.3) is 0 Å². The number of ether oxygens (including phenoxy) is 1. The van der Waals surface area contributed by atoms with E-state index in [9.17, 15) is 0 Å². The van der Waals surface area contributed by atoms with Crippen molar-refractivity contribution in [2.24, 2.45) is 16.6 Å². The number of morpholine rings is 1. The molecule has 2 N–H and O–H groups in total. The molecule has 0 spiro atoms. The van der Waals surface area contributed by atoms with Crippen LogP contribution in [0, 0.1) is 5.92 Å². The Kier molecular flexibility index (Phi) is 8.01. The van der Waals surface area contributed by atoms with Gasteiger partial charge in [-0.15, -0.1) is 24.0 Å². The average molecular weight is 382 g/mol. The summed E-state index contributed by atoms with van der Waals surface area (Å²) in [7, 11) is 0. The van der Waals surface area contributed by atoms with Gasteiger partial charge in [0.15, 0.2) is 5.96 Å². The number of halogens is 1. The second kappa shape index (κ2) is 8.97. The highest BCUT2D eigenvalue weighted by molar-refractivity contribution is 14.0. The van der Waals surface area contributed by atoms with Crippen molar-refractivity contribution in [2.45, 2.75) is 19.8 Å². The zero-order chi connectivity index (χ0) is 12.8. The van der Waals surface area contributed by atoms with Crippen LogP contribution in [0.3, 0.4) is 0 Å². The zero-order valence-electron chi connectivity index (χ0n) is 11.9. The fourth-order valence-corrected chi connectivity index (χ4v) is 2.70. The molecule has 0 aliphatic carbocycles. The van der Waals surface area contributed by atoms with E-state index in [1.54, 1.807) is 0 Å². The van der Waals surface area contributed by atoms with Gasteiger partial charge in [-0.05, 0) is 31.8 Å². The lowest BCUT2D eigenvalue weighted by molar-refractivity contribution is 0.0673. The van der Waals surface area contributed by atoms with E-state index in [-0.39, 0.29) is 24.0 Å². The van der Waals surface area contributed by atoms with Gasteiger partial charge in [0, 0.05) is 26.2 Å². The van der Waals surface area contributed by atoms with Crippen molar-refractivity contribution in [2.75, 3.05) is 52.5 Å². The molecule has 2 rings (SSSR count). The van der Waals surface area contributed by atoms with Crippen molar-refractivity contribution >= 4 is 29.9 Å². The molecular formula is C13H27IN4O. The van der Waals surface area contributed by atoms with Crippen LogP contribution in [0.4, 0.5) is 0 Å². The van der Waals surface area contributed by atoms with Gasteiger partial charge in [0.2, 0.25) is 0 Å². The van der Waals surface area contributed by atoms with Gasteiger partial charge < -0.3 is 20.3 Å². The van der Waals surface area contributed by atoms with Gasteiger partial charge in [-0.25, -0.2) is 0 Å². The first-order valence-corrected chi connectivity index (χ1v) is 7.14. The highest BCUT2D eigenvalue weighted by Gasteiger charge is 2.19. The second-order valence-corrected chi connectivity index (χ2v) is 5.20. The maximum Gasteiger partial charge on any atom is 0.191 e. The molecule has 1 unspecified atom stereocenters. The highest BCUT2D eigenvalue weighted by Crippen LogP contribution is 2.16. The number of guanidine groups is 1. The third-order valence-electron chi connectivity index (χ3n) is 3.90. The molecule has 6 heteroatoms. The van der Waals surface area contributed by atoms with E-state index in [4.69, 9.17) is 10.5 Å². The Morgan fingerprint density at radius 2 is 2.05 bits per heavy atom. The molecule has 2 fully saturated rings. The van der Waals surface area contributed by atoms with E-state index in [2.05, 4.69) is 21.7 Å². The van der Waals surface area contributed by atoms with Gasteiger partial charge in [-0.1, -0.05) is 6.92 Å². The molecule has 2 aliphatic heterocycles. The molecule has 0 radical (unpaired) electrons. The highest BCUT2D eigenvalue weighted by atomic mass is 127. The molecule has 0 bridgehead atoms. The van der Waals surface area contributed by atoms with Crippen molar-refractivity contribution in [3.8, 4) is 0 Å². The standard InChI is InChI=1S/C13H26N4O.HI/c1-2-16-5-3-4-12(11-16)10-15-13(14)17-6-8-18-9-7-17;/h12H,2-11H2,1H3,(H2,14,15);1H. The molecule has 19 heavy (non-hydrogen) atoms. The van der Waals surface area contributed by atoms with E-state index in [0.29, 0.717) is 11.9 Å². The summed E-state index contributed by atoms with van der Waals surface area (Å²) < 4.78 is 5.31. The number of piperidine rings is 1. The minimum Gasteiger partial charge on any atom is -0.378 e. The van der Waals surface area contributed by atoms with Crippen molar-refractivity contribution in [3.05, 3.63) is 0 Å². The van der Waals surface area contributed by atoms with Gasteiger partial charge in [0.1, 0.15) is 0 Å². The monoisotopic (exact) mass is 382 g/mol. The zero-order valence-corrected chi connectivity index (χ0v) is 14.2. The molecule has 1 atom stereocenters. The molecule has 0 amide bonds. The summed E-state index contributed by atoms with van der Waals surface area (Å²) >= 11 is 0. The molecule has 112 valence electrons. The van der Waals surface area contributed by atoms with Crippen molar-refractivity contribution < 1.29 is 4.74 Å². The molecule has 5 nitrogen and oxygen atoms in total. The first kappa shape index (κ1) is 17.0. The Morgan fingerprint density at radius 3 is 2.74 bits per heavy atom. The first-order valence-electron chi connectivity index (χ1n) is 7.14. The fraction of sp³-hybridized carbons (Fsp3) is 0.923. The Bertz CT molecular complexity index is 282. The van der Waals surface area contributed by atoms with E-state index < -0.39 is 0 Å². The van der Waals surface area contributed by atoms with Gasteiger partial charge in [0.25, 0.3) is 0 Å². The second-order valence-electron chi connectivity index (χ2n) is 5.20. The predicted octanol–water partition coefficient (Wildman–Crippen LogP) is 0.983. The summed E-state index contributed by atoms with van der Waals surface area (Å²) in [5.74, 6) is 1.38. The minimum atomic E-state index is 0. The van der Waals surface area contributed by atoms with Gasteiger partial charge >= 0.3 is 0 Å². The molecule has 0 aromatic rings. The van der Waals surface area contributed by atoms with E-state index in [1.165, 1.54) is 25.9 Å². The molecule has 2 saturated heterocycles. The molecule has 0 aromatic heterocycles. The third kappa shape index (κ3) is 5.43. The number of hydrogen-bond acceptors (Lipinski definition) is 3. The number of likely N-dealkylation sites (tertiary alicyclic amines) is 1. The normalized spacial score (nSPS) is 26.1. The lowest BCUT2D eigenvalue weighted by Crippen LogP contribution is -2.45. The number of rotatable bonds is 3. The predicted molar refractivity (Wildman–Crippen MR) is 89.1 cm³/mol. The Labute approximate surface area is 133 Å². The summed E-state index contributed by atoms with van der Waals surface area (Å²) in [6.45, 7) is 9.97. The van der Waals surface area contributed by atoms with Crippen LogP contribution in [-0.2, 0) is 4.74 Å². The summed E-state index contributed by atoms with van der Waals surface area (Å²) in [5, 5.41) is 0. The van der Waals surface area contributed by atoms with E-state index in [1.807, 2.05) is 0 Å². The fourth-order valence-electron chi connectivity index (χ4n) is 2.70. The van der Waals surface area contributed by atoms with Crippen LogP contribution >= 0.6 is 24.0 Å². The van der Waals surface area contributed by atoms with Crippen LogP contribution in [0.2, 0.25) is 0 Å². The molecule has 2 heterocycles. The Hall–Kier alpha value is -0.0800. The lowest BCUT2D eigenvalue weighted by Gasteiger charge is -2.31.